The Kier molecular flexibility index (Phi) is 5.34. The van der Waals surface area contributed by atoms with E-state index in [1.165, 1.54) is 5.56 Å². The smallest absolute Gasteiger partial charge is 0.229 e. The standard InChI is InChI=1S/C22H20ClN3OS/c1-2-15-7-9-16(10-8-15)25-13-26-21(27)11-18(17-5-3-4-6-20(17)23)19(12-24)22(26)28-14-25/h3-10,18H,2,11,13-14H2,1H3/t18-/m0/s1. The fourth-order valence-electron chi connectivity index (χ4n) is 3.69. The first-order chi connectivity index (χ1) is 13.6. The van der Waals surface area contributed by atoms with Crippen molar-refractivity contribution >= 4 is 35.0 Å². The number of halogens is 1. The number of benzene rings is 2. The van der Waals surface area contributed by atoms with Crippen molar-refractivity contribution in [1.29, 1.82) is 5.26 Å². The van der Waals surface area contributed by atoms with Crippen LogP contribution in [0.3, 0.4) is 0 Å². The number of allylic oxidation sites excluding steroid dienone is 1. The molecule has 6 heteroatoms. The van der Waals surface area contributed by atoms with E-state index in [9.17, 15) is 10.1 Å². The second kappa shape index (κ2) is 7.90. The van der Waals surface area contributed by atoms with Crippen LogP contribution in [0.1, 0.15) is 30.4 Å². The molecule has 0 bridgehead atoms. The van der Waals surface area contributed by atoms with Gasteiger partial charge in [-0.05, 0) is 35.7 Å². The summed E-state index contributed by atoms with van der Waals surface area (Å²) in [6.45, 7) is 2.60. The summed E-state index contributed by atoms with van der Waals surface area (Å²) < 4.78 is 0. The molecule has 142 valence electrons. The third kappa shape index (κ3) is 3.39. The molecule has 2 aliphatic heterocycles. The number of aryl methyl sites for hydroxylation is 1. The van der Waals surface area contributed by atoms with Crippen molar-refractivity contribution in [2.75, 3.05) is 17.4 Å². The Labute approximate surface area is 174 Å². The SMILES string of the molecule is CCc1ccc(N2CSC3=C(C#N)[C@H](c4ccccc4Cl)CC(=O)N3C2)cc1. The third-order valence-corrected chi connectivity index (χ3v) is 6.78. The number of amides is 1. The highest BCUT2D eigenvalue weighted by atomic mass is 35.5. The molecule has 4 nitrogen and oxygen atoms in total. The van der Waals surface area contributed by atoms with Crippen LogP contribution in [0.4, 0.5) is 5.69 Å². The van der Waals surface area contributed by atoms with Gasteiger partial charge in [0.15, 0.2) is 0 Å². The number of anilines is 1. The van der Waals surface area contributed by atoms with E-state index >= 15 is 0 Å². The molecule has 2 aromatic rings. The molecule has 1 saturated heterocycles. The van der Waals surface area contributed by atoms with Crippen molar-refractivity contribution in [1.82, 2.24) is 4.90 Å². The van der Waals surface area contributed by atoms with Crippen LogP contribution < -0.4 is 4.90 Å². The summed E-state index contributed by atoms with van der Waals surface area (Å²) in [6.07, 6.45) is 1.26. The van der Waals surface area contributed by atoms with Crippen molar-refractivity contribution in [3.8, 4) is 6.07 Å². The average Bonchev–Trinajstić information content (AvgIpc) is 2.74. The summed E-state index contributed by atoms with van der Waals surface area (Å²) in [5.41, 5.74) is 3.86. The first-order valence-corrected chi connectivity index (χ1v) is 10.6. The summed E-state index contributed by atoms with van der Waals surface area (Å²) in [5.74, 6) is 0.451. The first kappa shape index (κ1) is 18.9. The number of hydrogen-bond acceptors (Lipinski definition) is 4. The first-order valence-electron chi connectivity index (χ1n) is 9.28. The van der Waals surface area contributed by atoms with Gasteiger partial charge in [0.2, 0.25) is 5.91 Å². The van der Waals surface area contributed by atoms with E-state index in [1.54, 1.807) is 16.7 Å². The molecule has 1 fully saturated rings. The molecular weight excluding hydrogens is 390 g/mol. The number of thioether (sulfide) groups is 1. The lowest BCUT2D eigenvalue weighted by molar-refractivity contribution is -0.129. The van der Waals surface area contributed by atoms with E-state index in [0.717, 1.165) is 22.7 Å². The van der Waals surface area contributed by atoms with Gasteiger partial charge in [0.25, 0.3) is 0 Å². The fourth-order valence-corrected chi connectivity index (χ4v) is 5.13. The van der Waals surface area contributed by atoms with Crippen molar-refractivity contribution in [2.24, 2.45) is 0 Å². The molecule has 0 saturated carbocycles. The average molecular weight is 410 g/mol. The lowest BCUT2D eigenvalue weighted by Crippen LogP contribution is -2.47. The highest BCUT2D eigenvalue weighted by molar-refractivity contribution is 8.03. The molecular formula is C22H20ClN3OS. The highest BCUT2D eigenvalue weighted by Gasteiger charge is 2.38. The maximum atomic E-state index is 13.0. The molecule has 1 atom stereocenters. The lowest BCUT2D eigenvalue weighted by Gasteiger charge is -2.42. The molecule has 4 rings (SSSR count). The number of hydrogen-bond donors (Lipinski definition) is 0. The Balaban J connectivity index is 1.65. The van der Waals surface area contributed by atoms with Crippen LogP contribution in [0.5, 0.6) is 0 Å². The molecule has 1 amide bonds. The van der Waals surface area contributed by atoms with Gasteiger partial charge in [-0.1, -0.05) is 60.6 Å². The summed E-state index contributed by atoms with van der Waals surface area (Å²) in [7, 11) is 0. The lowest BCUT2D eigenvalue weighted by atomic mass is 9.86. The molecule has 0 aliphatic carbocycles. The van der Waals surface area contributed by atoms with Crippen LogP contribution in [-0.2, 0) is 11.2 Å². The van der Waals surface area contributed by atoms with E-state index in [-0.39, 0.29) is 18.2 Å². The van der Waals surface area contributed by atoms with Crippen LogP contribution >= 0.6 is 23.4 Å². The largest absolute Gasteiger partial charge is 0.344 e. The van der Waals surface area contributed by atoms with Gasteiger partial charge >= 0.3 is 0 Å². The van der Waals surface area contributed by atoms with Crippen LogP contribution in [-0.4, -0.2) is 23.4 Å². The van der Waals surface area contributed by atoms with E-state index in [4.69, 9.17) is 11.6 Å². The fraction of sp³-hybridized carbons (Fsp3) is 0.273. The van der Waals surface area contributed by atoms with Gasteiger partial charge in [-0.15, -0.1) is 0 Å². The van der Waals surface area contributed by atoms with Gasteiger partial charge in [0, 0.05) is 23.0 Å². The zero-order chi connectivity index (χ0) is 19.7. The third-order valence-electron chi connectivity index (χ3n) is 5.28. The minimum absolute atomic E-state index is 0.0290. The van der Waals surface area contributed by atoms with E-state index in [1.807, 2.05) is 24.3 Å². The monoisotopic (exact) mass is 409 g/mol. The van der Waals surface area contributed by atoms with Crippen LogP contribution in [0, 0.1) is 11.3 Å². The molecule has 2 aromatic carbocycles. The predicted molar refractivity (Wildman–Crippen MR) is 114 cm³/mol. The van der Waals surface area contributed by atoms with E-state index in [2.05, 4.69) is 42.2 Å². The summed E-state index contributed by atoms with van der Waals surface area (Å²) in [5, 5.41) is 11.2. The molecule has 2 aliphatic rings. The van der Waals surface area contributed by atoms with Crippen molar-refractivity contribution in [2.45, 2.75) is 25.7 Å². The second-order valence-corrected chi connectivity index (χ2v) is 8.25. The van der Waals surface area contributed by atoms with Crippen LogP contribution in [0.25, 0.3) is 0 Å². The van der Waals surface area contributed by atoms with Gasteiger partial charge in [-0.2, -0.15) is 5.26 Å². The van der Waals surface area contributed by atoms with Crippen molar-refractivity contribution in [3.05, 3.63) is 75.3 Å². The minimum Gasteiger partial charge on any atom is -0.344 e. The predicted octanol–water partition coefficient (Wildman–Crippen LogP) is 5.12. The highest BCUT2D eigenvalue weighted by Crippen LogP contribution is 2.44. The van der Waals surface area contributed by atoms with E-state index < -0.39 is 0 Å². The van der Waals surface area contributed by atoms with Crippen LogP contribution in [0.2, 0.25) is 5.02 Å². The normalized spacial score (nSPS) is 19.5. The summed E-state index contributed by atoms with van der Waals surface area (Å²) in [6, 6.07) is 18.3. The number of rotatable bonds is 3. The molecule has 0 radical (unpaired) electrons. The Morgan fingerprint density at radius 3 is 2.64 bits per heavy atom. The van der Waals surface area contributed by atoms with Gasteiger partial charge in [-0.3, -0.25) is 9.69 Å². The van der Waals surface area contributed by atoms with Gasteiger partial charge in [-0.25, -0.2) is 0 Å². The Bertz CT molecular complexity index is 980. The molecule has 0 N–H and O–H groups in total. The Morgan fingerprint density at radius 2 is 1.96 bits per heavy atom. The topological polar surface area (TPSA) is 47.3 Å². The van der Waals surface area contributed by atoms with Gasteiger partial charge in [0.1, 0.15) is 0 Å². The maximum Gasteiger partial charge on any atom is 0.229 e. The Morgan fingerprint density at radius 1 is 1.21 bits per heavy atom. The summed E-state index contributed by atoms with van der Waals surface area (Å²) in [4.78, 5) is 16.9. The summed E-state index contributed by atoms with van der Waals surface area (Å²) >= 11 is 7.90. The molecule has 0 spiro atoms. The van der Waals surface area contributed by atoms with Gasteiger partial charge in [0.05, 0.1) is 29.2 Å². The quantitative estimate of drug-likeness (QED) is 0.705. The zero-order valence-electron chi connectivity index (χ0n) is 15.6. The number of nitrogens with zero attached hydrogens (tertiary/aromatic N) is 3. The minimum atomic E-state index is -0.277. The molecule has 0 unspecified atom stereocenters. The Hall–Kier alpha value is -2.42. The van der Waals surface area contributed by atoms with Gasteiger partial charge < -0.3 is 4.90 Å². The van der Waals surface area contributed by atoms with Crippen molar-refractivity contribution in [3.63, 3.8) is 0 Å². The number of fused-ring (bicyclic) bond motifs is 1. The number of carbonyl (C=O) groups is 1. The van der Waals surface area contributed by atoms with Crippen LogP contribution in [0.15, 0.2) is 59.1 Å². The van der Waals surface area contributed by atoms with Crippen molar-refractivity contribution < 1.29 is 4.79 Å². The molecule has 0 aromatic heterocycles. The molecule has 28 heavy (non-hydrogen) atoms. The zero-order valence-corrected chi connectivity index (χ0v) is 17.1. The second-order valence-electron chi connectivity index (χ2n) is 6.91. The number of nitriles is 1. The van der Waals surface area contributed by atoms with E-state index in [0.29, 0.717) is 23.1 Å². The maximum absolute atomic E-state index is 13.0. The molecule has 2 heterocycles. The number of carbonyl (C=O) groups excluding carboxylic acids is 1.